The number of benzene rings is 1. The van der Waals surface area contributed by atoms with Crippen molar-refractivity contribution in [2.75, 3.05) is 11.9 Å². The van der Waals surface area contributed by atoms with Crippen LogP contribution in [0.1, 0.15) is 30.8 Å². The second kappa shape index (κ2) is 5.96. The van der Waals surface area contributed by atoms with Crippen molar-refractivity contribution in [2.24, 2.45) is 5.92 Å². The molecule has 1 heterocycles. The first-order chi connectivity index (χ1) is 8.63. The average molecular weight is 261 g/mol. The van der Waals surface area contributed by atoms with Crippen LogP contribution >= 0.6 is 11.5 Å². The highest BCUT2D eigenvalue weighted by Gasteiger charge is 2.05. The molecule has 4 heteroatoms. The van der Waals surface area contributed by atoms with Crippen LogP contribution in [0.4, 0.5) is 5.13 Å². The molecule has 18 heavy (non-hydrogen) atoms. The van der Waals surface area contributed by atoms with Crippen molar-refractivity contribution >= 4 is 16.7 Å². The summed E-state index contributed by atoms with van der Waals surface area (Å²) < 4.78 is 4.38. The van der Waals surface area contributed by atoms with Gasteiger partial charge in [-0.25, -0.2) is 4.98 Å². The lowest BCUT2D eigenvalue weighted by molar-refractivity contribution is 0.688. The van der Waals surface area contributed by atoms with Gasteiger partial charge in [-0.3, -0.25) is 0 Å². The lowest BCUT2D eigenvalue weighted by Gasteiger charge is -2.03. The molecule has 0 amide bonds. The monoisotopic (exact) mass is 261 g/mol. The minimum atomic E-state index is 0.620. The first-order valence-corrected chi connectivity index (χ1v) is 7.03. The zero-order chi connectivity index (χ0) is 13.0. The third-order valence-electron chi connectivity index (χ3n) is 2.61. The van der Waals surface area contributed by atoms with Crippen LogP contribution in [0.25, 0.3) is 0 Å². The van der Waals surface area contributed by atoms with Gasteiger partial charge in [0.05, 0.1) is 0 Å². The molecular formula is C14H19N3S. The molecule has 2 aromatic rings. The molecule has 1 aromatic carbocycles. The number of hydrogen-bond donors (Lipinski definition) is 1. The van der Waals surface area contributed by atoms with Crippen molar-refractivity contribution in [3.05, 3.63) is 41.2 Å². The quantitative estimate of drug-likeness (QED) is 0.895. The van der Waals surface area contributed by atoms with Gasteiger partial charge in [-0.15, -0.1) is 0 Å². The van der Waals surface area contributed by atoms with Gasteiger partial charge in [0.1, 0.15) is 5.82 Å². The van der Waals surface area contributed by atoms with Gasteiger partial charge in [0.25, 0.3) is 0 Å². The van der Waals surface area contributed by atoms with Gasteiger partial charge >= 0.3 is 0 Å². The second-order valence-electron chi connectivity index (χ2n) is 4.95. The average Bonchev–Trinajstić information content (AvgIpc) is 2.77. The fourth-order valence-corrected chi connectivity index (χ4v) is 2.17. The first kappa shape index (κ1) is 13.0. The molecule has 2 rings (SSSR count). The van der Waals surface area contributed by atoms with E-state index in [1.165, 1.54) is 22.7 Å². The summed E-state index contributed by atoms with van der Waals surface area (Å²) in [7, 11) is 0. The van der Waals surface area contributed by atoms with Crippen LogP contribution in [-0.2, 0) is 6.42 Å². The van der Waals surface area contributed by atoms with Crippen LogP contribution in [0, 0.1) is 12.8 Å². The minimum absolute atomic E-state index is 0.620. The Morgan fingerprint density at radius 1 is 1.22 bits per heavy atom. The Balaban J connectivity index is 1.95. The number of nitrogens with zero attached hydrogens (tertiary/aromatic N) is 2. The Morgan fingerprint density at radius 2 is 1.94 bits per heavy atom. The summed E-state index contributed by atoms with van der Waals surface area (Å²) in [6.45, 7) is 7.40. The Labute approximate surface area is 112 Å². The SMILES string of the molecule is Cc1ccc(Cc2nsc(NCC(C)C)n2)cc1. The van der Waals surface area contributed by atoms with Crippen molar-refractivity contribution < 1.29 is 0 Å². The maximum atomic E-state index is 4.50. The molecule has 96 valence electrons. The molecule has 0 radical (unpaired) electrons. The standard InChI is InChI=1S/C14H19N3S/c1-10(2)9-15-14-16-13(17-18-14)8-12-6-4-11(3)5-7-12/h4-7,10H,8-9H2,1-3H3,(H,15,16,17). The van der Waals surface area contributed by atoms with Crippen LogP contribution in [0.5, 0.6) is 0 Å². The van der Waals surface area contributed by atoms with Crippen molar-refractivity contribution in [3.8, 4) is 0 Å². The Bertz CT molecular complexity index is 488. The van der Waals surface area contributed by atoms with Gasteiger partial charge in [-0.05, 0) is 18.4 Å². The van der Waals surface area contributed by atoms with Crippen molar-refractivity contribution in [3.63, 3.8) is 0 Å². The molecule has 0 saturated heterocycles. The van der Waals surface area contributed by atoms with E-state index in [1.807, 2.05) is 0 Å². The third kappa shape index (κ3) is 3.81. The van der Waals surface area contributed by atoms with Crippen molar-refractivity contribution in [1.29, 1.82) is 0 Å². The zero-order valence-electron chi connectivity index (χ0n) is 11.1. The van der Waals surface area contributed by atoms with E-state index in [4.69, 9.17) is 0 Å². The summed E-state index contributed by atoms with van der Waals surface area (Å²) in [6, 6.07) is 8.52. The molecule has 0 atom stereocenters. The highest BCUT2D eigenvalue weighted by molar-refractivity contribution is 7.09. The highest BCUT2D eigenvalue weighted by Crippen LogP contribution is 2.15. The van der Waals surface area contributed by atoms with Crippen LogP contribution in [0.15, 0.2) is 24.3 Å². The zero-order valence-corrected chi connectivity index (χ0v) is 11.9. The number of aromatic nitrogens is 2. The maximum Gasteiger partial charge on any atom is 0.202 e. The lowest BCUT2D eigenvalue weighted by atomic mass is 10.1. The summed E-state index contributed by atoms with van der Waals surface area (Å²) in [5.41, 5.74) is 2.54. The third-order valence-corrected chi connectivity index (χ3v) is 3.32. The van der Waals surface area contributed by atoms with Crippen molar-refractivity contribution in [1.82, 2.24) is 9.36 Å². The molecule has 0 bridgehead atoms. The largest absolute Gasteiger partial charge is 0.360 e. The molecular weight excluding hydrogens is 242 g/mol. The predicted molar refractivity (Wildman–Crippen MR) is 77.2 cm³/mol. The molecule has 0 aliphatic carbocycles. The van der Waals surface area contributed by atoms with E-state index in [0.717, 1.165) is 23.9 Å². The Kier molecular flexibility index (Phi) is 4.31. The van der Waals surface area contributed by atoms with Crippen LogP contribution < -0.4 is 5.32 Å². The number of aryl methyl sites for hydroxylation is 1. The smallest absolute Gasteiger partial charge is 0.202 e. The molecule has 0 spiro atoms. The van der Waals surface area contributed by atoms with Gasteiger partial charge < -0.3 is 5.32 Å². The highest BCUT2D eigenvalue weighted by atomic mass is 32.1. The topological polar surface area (TPSA) is 37.8 Å². The summed E-state index contributed by atoms with van der Waals surface area (Å²) in [4.78, 5) is 4.50. The molecule has 3 nitrogen and oxygen atoms in total. The van der Waals surface area contributed by atoms with E-state index in [1.54, 1.807) is 0 Å². The van der Waals surface area contributed by atoms with Gasteiger partial charge in [-0.2, -0.15) is 4.37 Å². The summed E-state index contributed by atoms with van der Waals surface area (Å²) >= 11 is 1.44. The lowest BCUT2D eigenvalue weighted by Crippen LogP contribution is -2.07. The maximum absolute atomic E-state index is 4.50. The summed E-state index contributed by atoms with van der Waals surface area (Å²) in [5, 5.41) is 4.23. The van der Waals surface area contributed by atoms with Gasteiger partial charge in [0, 0.05) is 24.5 Å². The molecule has 0 unspecified atom stereocenters. The molecule has 1 aromatic heterocycles. The first-order valence-electron chi connectivity index (χ1n) is 6.25. The van der Waals surface area contributed by atoms with E-state index in [9.17, 15) is 0 Å². The van der Waals surface area contributed by atoms with Gasteiger partial charge in [-0.1, -0.05) is 43.7 Å². The van der Waals surface area contributed by atoms with E-state index in [2.05, 4.69) is 59.7 Å². The van der Waals surface area contributed by atoms with Gasteiger partial charge in [0.15, 0.2) is 0 Å². The normalized spacial score (nSPS) is 10.9. The molecule has 0 fully saturated rings. The molecule has 0 aliphatic heterocycles. The van der Waals surface area contributed by atoms with E-state index < -0.39 is 0 Å². The predicted octanol–water partition coefficient (Wildman–Crippen LogP) is 3.51. The molecule has 0 aliphatic rings. The molecule has 1 N–H and O–H groups in total. The fourth-order valence-electron chi connectivity index (χ4n) is 1.58. The van der Waals surface area contributed by atoms with Crippen LogP contribution in [0.2, 0.25) is 0 Å². The molecule has 0 saturated carbocycles. The number of anilines is 1. The number of nitrogens with one attached hydrogen (secondary N) is 1. The minimum Gasteiger partial charge on any atom is -0.360 e. The van der Waals surface area contributed by atoms with Gasteiger partial charge in [0.2, 0.25) is 5.13 Å². The summed E-state index contributed by atoms with van der Waals surface area (Å²) in [5.74, 6) is 1.52. The Hall–Kier alpha value is -1.42. The number of hydrogen-bond acceptors (Lipinski definition) is 4. The fraction of sp³-hybridized carbons (Fsp3) is 0.429. The van der Waals surface area contributed by atoms with E-state index in [-0.39, 0.29) is 0 Å². The van der Waals surface area contributed by atoms with Crippen LogP contribution in [0.3, 0.4) is 0 Å². The van der Waals surface area contributed by atoms with Crippen LogP contribution in [-0.4, -0.2) is 15.9 Å². The number of rotatable bonds is 5. The van der Waals surface area contributed by atoms with E-state index in [0.29, 0.717) is 5.92 Å². The Morgan fingerprint density at radius 3 is 2.61 bits per heavy atom. The van der Waals surface area contributed by atoms with Crippen molar-refractivity contribution in [2.45, 2.75) is 27.2 Å². The van der Waals surface area contributed by atoms with E-state index >= 15 is 0 Å². The second-order valence-corrected chi connectivity index (χ2v) is 5.70. The summed E-state index contributed by atoms with van der Waals surface area (Å²) in [6.07, 6.45) is 0.806.